The molecule has 0 aliphatic carbocycles. The van der Waals surface area contributed by atoms with Gasteiger partial charge in [0.2, 0.25) is 5.91 Å². The minimum atomic E-state index is -0.711. The molecule has 0 aromatic carbocycles. The van der Waals surface area contributed by atoms with Crippen molar-refractivity contribution < 1.29 is 14.7 Å². The summed E-state index contributed by atoms with van der Waals surface area (Å²) in [4.78, 5) is 41.8. The van der Waals surface area contributed by atoms with Crippen LogP contribution in [0.25, 0.3) is 0 Å². The molecule has 2 amide bonds. The van der Waals surface area contributed by atoms with Gasteiger partial charge in [0.25, 0.3) is 5.91 Å². The number of nitrogen functional groups attached to an aromatic ring is 1. The summed E-state index contributed by atoms with van der Waals surface area (Å²) in [5, 5.41) is 17.1. The molecule has 11 nitrogen and oxygen atoms in total. The molecular formula is C21H30N8O3S. The number of hydrogen-bond donors (Lipinski definition) is 4. The Morgan fingerprint density at radius 2 is 2.09 bits per heavy atom. The summed E-state index contributed by atoms with van der Waals surface area (Å²) < 4.78 is 0. The molecule has 33 heavy (non-hydrogen) atoms. The number of nitrogens with one attached hydrogen (secondary N) is 2. The zero-order valence-electron chi connectivity index (χ0n) is 18.7. The molecule has 4 rings (SSSR count). The Hall–Kier alpha value is -2.83. The summed E-state index contributed by atoms with van der Waals surface area (Å²) in [6.07, 6.45) is 3.15. The maximum absolute atomic E-state index is 12.5. The number of carbonyl (C=O) groups is 2. The second kappa shape index (κ2) is 10.4. The highest BCUT2D eigenvalue weighted by molar-refractivity contribution is 7.15. The van der Waals surface area contributed by atoms with Crippen LogP contribution in [-0.2, 0) is 17.8 Å². The number of carbonyl (C=O) groups excluding carboxylic acids is 2. The fourth-order valence-electron chi connectivity index (χ4n) is 4.20. The van der Waals surface area contributed by atoms with Crippen LogP contribution in [0.5, 0.6) is 0 Å². The molecule has 12 heteroatoms. The van der Waals surface area contributed by atoms with Crippen LogP contribution in [0.4, 0.5) is 10.9 Å². The van der Waals surface area contributed by atoms with Gasteiger partial charge in [-0.25, -0.2) is 15.0 Å². The third kappa shape index (κ3) is 6.15. The Bertz CT molecular complexity index is 992. The molecular weight excluding hydrogens is 444 g/mol. The van der Waals surface area contributed by atoms with E-state index in [9.17, 15) is 14.7 Å². The Kier molecular flexibility index (Phi) is 7.36. The van der Waals surface area contributed by atoms with Gasteiger partial charge in [-0.3, -0.25) is 14.5 Å². The molecule has 1 atom stereocenters. The van der Waals surface area contributed by atoms with E-state index in [4.69, 9.17) is 5.73 Å². The number of nitrogens with two attached hydrogens (primary N) is 1. The number of β-amino-alcohol motifs (C(OH)–C–C–N with tert-alkyl or cyclic N) is 1. The summed E-state index contributed by atoms with van der Waals surface area (Å²) in [5.41, 5.74) is 7.00. The highest BCUT2D eigenvalue weighted by Gasteiger charge is 2.23. The summed E-state index contributed by atoms with van der Waals surface area (Å²) in [7, 11) is 0. The molecule has 2 aliphatic rings. The lowest BCUT2D eigenvalue weighted by molar-refractivity contribution is -0.129. The molecule has 2 aliphatic heterocycles. The largest absolute Gasteiger partial charge is 0.390 e. The van der Waals surface area contributed by atoms with Crippen LogP contribution in [0.3, 0.4) is 0 Å². The number of likely N-dealkylation sites (tertiary alicyclic amines) is 1. The molecule has 5 N–H and O–H groups in total. The Morgan fingerprint density at radius 1 is 1.30 bits per heavy atom. The van der Waals surface area contributed by atoms with Crippen LogP contribution >= 0.6 is 11.3 Å². The zero-order chi connectivity index (χ0) is 23.4. The van der Waals surface area contributed by atoms with Crippen molar-refractivity contribution in [1.29, 1.82) is 0 Å². The first kappa shape index (κ1) is 23.3. The van der Waals surface area contributed by atoms with E-state index in [1.54, 1.807) is 13.0 Å². The maximum atomic E-state index is 12.5. The number of amides is 2. The predicted octanol–water partition coefficient (Wildman–Crippen LogP) is 0.0871. The molecule has 0 spiro atoms. The molecule has 0 unspecified atom stereocenters. The minimum Gasteiger partial charge on any atom is -0.390 e. The van der Waals surface area contributed by atoms with Gasteiger partial charge in [-0.15, -0.1) is 11.3 Å². The van der Waals surface area contributed by atoms with Crippen LogP contribution < -0.4 is 16.4 Å². The SMILES string of the molecule is CC(=O)N1CCC(Nc2cc(C(=O)NC[C@H](O)CN3CCc4sc(N)nc4C3)ncn2)CC1. The molecule has 0 bridgehead atoms. The van der Waals surface area contributed by atoms with Gasteiger partial charge >= 0.3 is 0 Å². The number of aromatic nitrogens is 3. The molecule has 0 saturated carbocycles. The quantitative estimate of drug-likeness (QED) is 0.438. The number of rotatable bonds is 7. The van der Waals surface area contributed by atoms with Gasteiger partial charge in [0, 0.05) is 63.2 Å². The van der Waals surface area contributed by atoms with Gasteiger partial charge in [0.05, 0.1) is 11.8 Å². The molecule has 1 fully saturated rings. The molecule has 2 aromatic heterocycles. The summed E-state index contributed by atoms with van der Waals surface area (Å²) in [6, 6.07) is 1.80. The van der Waals surface area contributed by atoms with Crippen molar-refractivity contribution in [2.45, 2.75) is 44.9 Å². The van der Waals surface area contributed by atoms with E-state index in [0.717, 1.165) is 31.5 Å². The topological polar surface area (TPSA) is 150 Å². The lowest BCUT2D eigenvalue weighted by Gasteiger charge is -2.31. The second-order valence-electron chi connectivity index (χ2n) is 8.48. The van der Waals surface area contributed by atoms with Crippen LogP contribution in [0.1, 0.15) is 40.8 Å². The van der Waals surface area contributed by atoms with E-state index in [2.05, 4.69) is 30.5 Å². The minimum absolute atomic E-state index is 0.0921. The second-order valence-corrected chi connectivity index (χ2v) is 9.60. The summed E-state index contributed by atoms with van der Waals surface area (Å²) >= 11 is 1.52. The number of anilines is 2. The van der Waals surface area contributed by atoms with Gasteiger partial charge in [-0.1, -0.05) is 0 Å². The van der Waals surface area contributed by atoms with Crippen LogP contribution in [-0.4, -0.2) is 86.5 Å². The molecule has 1 saturated heterocycles. The molecule has 0 radical (unpaired) electrons. The van der Waals surface area contributed by atoms with E-state index < -0.39 is 6.10 Å². The highest BCUT2D eigenvalue weighted by atomic mass is 32.1. The van der Waals surface area contributed by atoms with E-state index in [-0.39, 0.29) is 30.1 Å². The van der Waals surface area contributed by atoms with E-state index in [1.165, 1.54) is 22.5 Å². The Labute approximate surface area is 196 Å². The molecule has 2 aromatic rings. The van der Waals surface area contributed by atoms with Gasteiger partial charge in [0.15, 0.2) is 5.13 Å². The summed E-state index contributed by atoms with van der Waals surface area (Å²) in [6.45, 7) is 5.03. The van der Waals surface area contributed by atoms with Crippen LogP contribution in [0, 0.1) is 0 Å². The van der Waals surface area contributed by atoms with E-state index in [0.29, 0.717) is 37.1 Å². The lowest BCUT2D eigenvalue weighted by Crippen LogP contribution is -2.42. The average Bonchev–Trinajstić information content (AvgIpc) is 3.17. The average molecular weight is 475 g/mol. The smallest absolute Gasteiger partial charge is 0.270 e. The normalized spacial score (nSPS) is 17.9. The fourth-order valence-corrected chi connectivity index (χ4v) is 5.03. The number of nitrogens with zero attached hydrogens (tertiary/aromatic N) is 5. The monoisotopic (exact) mass is 474 g/mol. The molecule has 178 valence electrons. The fraction of sp³-hybridized carbons (Fsp3) is 0.571. The van der Waals surface area contributed by atoms with Gasteiger partial charge < -0.3 is 26.4 Å². The zero-order valence-corrected chi connectivity index (χ0v) is 19.5. The van der Waals surface area contributed by atoms with Gasteiger partial charge in [-0.05, 0) is 19.3 Å². The third-order valence-corrected chi connectivity index (χ3v) is 6.97. The lowest BCUT2D eigenvalue weighted by atomic mass is 10.1. The first-order chi connectivity index (χ1) is 15.9. The van der Waals surface area contributed by atoms with Crippen molar-refractivity contribution in [2.75, 3.05) is 43.8 Å². The van der Waals surface area contributed by atoms with Crippen molar-refractivity contribution >= 4 is 34.1 Å². The van der Waals surface area contributed by atoms with Crippen LogP contribution in [0.15, 0.2) is 12.4 Å². The number of piperidine rings is 1. The number of aliphatic hydroxyl groups excluding tert-OH is 1. The standard InChI is InChI=1S/C21H30N8O3S/c1-13(30)29-6-2-14(3-7-29)26-19-8-16(24-12-25-19)20(32)23-9-15(31)10-28-5-4-18-17(11-28)27-21(22)33-18/h8,12,14-15,31H,2-7,9-11H2,1H3,(H2,22,27)(H,23,32)(H,24,25,26)/t15-/m0/s1. The number of fused-ring (bicyclic) bond motifs is 1. The van der Waals surface area contributed by atoms with Crippen molar-refractivity contribution in [3.8, 4) is 0 Å². The Balaban J connectivity index is 1.23. The molecule has 4 heterocycles. The van der Waals surface area contributed by atoms with E-state index in [1.807, 2.05) is 4.90 Å². The Morgan fingerprint density at radius 3 is 2.85 bits per heavy atom. The summed E-state index contributed by atoms with van der Waals surface area (Å²) in [5.74, 6) is 0.303. The third-order valence-electron chi connectivity index (χ3n) is 5.98. The predicted molar refractivity (Wildman–Crippen MR) is 125 cm³/mol. The van der Waals surface area contributed by atoms with Gasteiger partial charge in [-0.2, -0.15) is 0 Å². The van der Waals surface area contributed by atoms with E-state index >= 15 is 0 Å². The van der Waals surface area contributed by atoms with Gasteiger partial charge in [0.1, 0.15) is 17.8 Å². The highest BCUT2D eigenvalue weighted by Crippen LogP contribution is 2.26. The first-order valence-corrected chi connectivity index (χ1v) is 12.0. The van der Waals surface area contributed by atoms with Crippen molar-refractivity contribution in [3.63, 3.8) is 0 Å². The van der Waals surface area contributed by atoms with Crippen LogP contribution in [0.2, 0.25) is 0 Å². The maximum Gasteiger partial charge on any atom is 0.270 e. The van der Waals surface area contributed by atoms with Crippen molar-refractivity contribution in [3.05, 3.63) is 28.7 Å². The first-order valence-electron chi connectivity index (χ1n) is 11.1. The van der Waals surface area contributed by atoms with Crippen molar-refractivity contribution in [1.82, 2.24) is 30.1 Å². The number of aliphatic hydroxyl groups is 1. The number of thiazole rings is 1. The number of hydrogen-bond acceptors (Lipinski definition) is 10. The van der Waals surface area contributed by atoms with Crippen molar-refractivity contribution in [2.24, 2.45) is 0 Å².